The molecule has 1 aliphatic rings. The van der Waals surface area contributed by atoms with Crippen LogP contribution in [0.25, 0.3) is 0 Å². The number of carbonyl (C=O) groups excluding carboxylic acids is 2. The summed E-state index contributed by atoms with van der Waals surface area (Å²) in [6.45, 7) is 1.20. The van der Waals surface area contributed by atoms with Gasteiger partial charge in [0.25, 0.3) is 10.0 Å². The summed E-state index contributed by atoms with van der Waals surface area (Å²) in [6, 6.07) is 18.6. The van der Waals surface area contributed by atoms with Gasteiger partial charge in [0.05, 0.1) is 24.8 Å². The Kier molecular flexibility index (Phi) is 10.9. The number of carbonyl (C=O) groups is 2. The van der Waals surface area contributed by atoms with Crippen LogP contribution >= 0.6 is 11.6 Å². The fourth-order valence-electron chi connectivity index (χ4n) is 5.13. The average Bonchev–Trinajstić information content (AvgIpc) is 3.03. The minimum absolute atomic E-state index is 0.0153. The number of sulfonamides is 1. The van der Waals surface area contributed by atoms with Gasteiger partial charge in [0.1, 0.15) is 24.1 Å². The second-order valence-electron chi connectivity index (χ2n) is 10.6. The van der Waals surface area contributed by atoms with E-state index in [4.69, 9.17) is 21.1 Å². The van der Waals surface area contributed by atoms with Crippen molar-refractivity contribution in [3.05, 3.63) is 83.4 Å². The zero-order chi connectivity index (χ0) is 31.0. The lowest BCUT2D eigenvalue weighted by Crippen LogP contribution is -2.53. The number of nitrogens with zero attached hydrogens (tertiary/aromatic N) is 2. The molecule has 230 valence electrons. The van der Waals surface area contributed by atoms with E-state index in [-0.39, 0.29) is 29.1 Å². The van der Waals surface area contributed by atoms with Gasteiger partial charge < -0.3 is 19.7 Å². The highest BCUT2D eigenvalue weighted by molar-refractivity contribution is 7.92. The monoisotopic (exact) mass is 627 g/mol. The topological polar surface area (TPSA) is 105 Å². The molecule has 1 atom stereocenters. The first-order valence-electron chi connectivity index (χ1n) is 14.3. The highest BCUT2D eigenvalue weighted by Gasteiger charge is 2.33. The number of halogens is 1. The Morgan fingerprint density at radius 2 is 1.58 bits per heavy atom. The number of rotatable bonds is 12. The Hall–Kier alpha value is -3.76. The van der Waals surface area contributed by atoms with E-state index < -0.39 is 28.5 Å². The zero-order valence-electron chi connectivity index (χ0n) is 24.7. The number of benzene rings is 3. The summed E-state index contributed by atoms with van der Waals surface area (Å²) < 4.78 is 39.5. The van der Waals surface area contributed by atoms with Gasteiger partial charge in [0, 0.05) is 17.6 Å². The van der Waals surface area contributed by atoms with Crippen molar-refractivity contribution in [2.45, 2.75) is 62.6 Å². The Morgan fingerprint density at radius 1 is 0.930 bits per heavy atom. The molecule has 4 rings (SSSR count). The van der Waals surface area contributed by atoms with Crippen LogP contribution in [-0.2, 0) is 26.2 Å². The third-order valence-electron chi connectivity index (χ3n) is 7.65. The van der Waals surface area contributed by atoms with Crippen LogP contribution in [0, 0.1) is 0 Å². The Labute approximate surface area is 258 Å². The molecule has 1 saturated carbocycles. The number of nitrogens with one attached hydrogen (secondary N) is 1. The molecule has 0 spiro atoms. The predicted octanol–water partition coefficient (Wildman–Crippen LogP) is 5.42. The number of methoxy groups -OCH3 is 2. The third kappa shape index (κ3) is 8.20. The first-order valence-corrected chi connectivity index (χ1v) is 16.1. The molecule has 0 aliphatic heterocycles. The van der Waals surface area contributed by atoms with Crippen molar-refractivity contribution in [1.29, 1.82) is 0 Å². The minimum atomic E-state index is -4.21. The van der Waals surface area contributed by atoms with Crippen molar-refractivity contribution in [2.75, 3.05) is 25.1 Å². The van der Waals surface area contributed by atoms with Crippen molar-refractivity contribution in [3.63, 3.8) is 0 Å². The zero-order valence-corrected chi connectivity index (χ0v) is 26.2. The average molecular weight is 628 g/mol. The van der Waals surface area contributed by atoms with E-state index in [0.717, 1.165) is 42.0 Å². The van der Waals surface area contributed by atoms with E-state index in [1.54, 1.807) is 68.6 Å². The quantitative estimate of drug-likeness (QED) is 0.288. The first kappa shape index (κ1) is 32.2. The molecule has 0 saturated heterocycles. The molecule has 1 aliphatic carbocycles. The summed E-state index contributed by atoms with van der Waals surface area (Å²) in [5, 5.41) is 3.53. The Morgan fingerprint density at radius 3 is 2.21 bits per heavy atom. The highest BCUT2D eigenvalue weighted by Crippen LogP contribution is 2.27. The van der Waals surface area contributed by atoms with Crippen molar-refractivity contribution in [3.8, 4) is 11.5 Å². The molecule has 0 heterocycles. The lowest BCUT2D eigenvalue weighted by molar-refractivity contribution is -0.139. The SMILES string of the molecule is COc1ccc(S(=O)(=O)N(CC(=O)N(Cc2cccc(OC)c2)[C@@H](C)C(=O)NC2CCCCC2)c2ccc(Cl)cc2)cc1. The van der Waals surface area contributed by atoms with Crippen molar-refractivity contribution in [2.24, 2.45) is 0 Å². The standard InChI is InChI=1S/C32H38ClN3O6S/c1-23(32(38)34-26-9-5-4-6-10-26)35(21-24-8-7-11-29(20-24)42-3)31(37)22-36(27-14-12-25(33)13-15-27)43(39,40)30-18-16-28(41-2)17-19-30/h7-8,11-20,23,26H,4-6,9-10,21-22H2,1-3H3,(H,34,38)/t23-/m0/s1. The first-order chi connectivity index (χ1) is 20.6. The fraction of sp³-hybridized carbons (Fsp3) is 0.375. The van der Waals surface area contributed by atoms with Crippen LogP contribution in [-0.4, -0.2) is 58.0 Å². The fourth-order valence-corrected chi connectivity index (χ4v) is 6.67. The second kappa shape index (κ2) is 14.6. The normalized spacial score (nSPS) is 14.4. The van der Waals surface area contributed by atoms with Crippen molar-refractivity contribution in [1.82, 2.24) is 10.2 Å². The lowest BCUT2D eigenvalue weighted by atomic mass is 9.95. The maximum absolute atomic E-state index is 14.1. The largest absolute Gasteiger partial charge is 0.497 e. The van der Waals surface area contributed by atoms with Gasteiger partial charge in [0.15, 0.2) is 0 Å². The molecule has 3 aromatic carbocycles. The van der Waals surface area contributed by atoms with E-state index in [1.807, 2.05) is 6.07 Å². The van der Waals surface area contributed by atoms with Crippen LogP contribution < -0.4 is 19.1 Å². The summed E-state index contributed by atoms with van der Waals surface area (Å²) in [5.41, 5.74) is 0.996. The highest BCUT2D eigenvalue weighted by atomic mass is 35.5. The van der Waals surface area contributed by atoms with Crippen LogP contribution in [0.2, 0.25) is 5.02 Å². The van der Waals surface area contributed by atoms with Gasteiger partial charge in [-0.2, -0.15) is 0 Å². The molecule has 3 aromatic rings. The summed E-state index contributed by atoms with van der Waals surface area (Å²) in [7, 11) is -1.16. The van der Waals surface area contributed by atoms with Gasteiger partial charge in [-0.05, 0) is 86.0 Å². The predicted molar refractivity (Wildman–Crippen MR) is 167 cm³/mol. The summed E-state index contributed by atoms with van der Waals surface area (Å²) in [5.74, 6) is 0.282. The van der Waals surface area contributed by atoms with Gasteiger partial charge in [-0.1, -0.05) is 43.0 Å². The van der Waals surface area contributed by atoms with Gasteiger partial charge in [-0.15, -0.1) is 0 Å². The van der Waals surface area contributed by atoms with Gasteiger partial charge in [-0.3, -0.25) is 13.9 Å². The molecule has 0 aromatic heterocycles. The Balaban J connectivity index is 1.68. The van der Waals surface area contributed by atoms with Crippen LogP contribution in [0.3, 0.4) is 0 Å². The molecule has 11 heteroatoms. The van der Waals surface area contributed by atoms with E-state index >= 15 is 0 Å². The molecule has 0 unspecified atom stereocenters. The smallest absolute Gasteiger partial charge is 0.264 e. The van der Waals surface area contributed by atoms with E-state index in [0.29, 0.717) is 16.5 Å². The molecular weight excluding hydrogens is 590 g/mol. The van der Waals surface area contributed by atoms with Gasteiger partial charge in [-0.25, -0.2) is 8.42 Å². The molecule has 1 N–H and O–H groups in total. The van der Waals surface area contributed by atoms with Crippen LogP contribution in [0.15, 0.2) is 77.7 Å². The molecular formula is C32H38ClN3O6S. The molecule has 2 amide bonds. The van der Waals surface area contributed by atoms with E-state index in [9.17, 15) is 18.0 Å². The molecule has 0 bridgehead atoms. The minimum Gasteiger partial charge on any atom is -0.497 e. The second-order valence-corrected chi connectivity index (χ2v) is 12.9. The number of ether oxygens (including phenoxy) is 2. The van der Waals surface area contributed by atoms with Crippen LogP contribution in [0.5, 0.6) is 11.5 Å². The summed E-state index contributed by atoms with van der Waals surface area (Å²) >= 11 is 6.10. The number of hydrogen-bond donors (Lipinski definition) is 1. The van der Waals surface area contributed by atoms with Crippen molar-refractivity contribution >= 4 is 39.1 Å². The van der Waals surface area contributed by atoms with E-state index in [1.165, 1.54) is 24.1 Å². The molecule has 1 fully saturated rings. The number of amides is 2. The molecule has 0 radical (unpaired) electrons. The molecule has 9 nitrogen and oxygen atoms in total. The summed E-state index contributed by atoms with van der Waals surface area (Å²) in [4.78, 5) is 29.0. The summed E-state index contributed by atoms with van der Waals surface area (Å²) in [6.07, 6.45) is 5.03. The maximum atomic E-state index is 14.1. The van der Waals surface area contributed by atoms with Crippen molar-refractivity contribution < 1.29 is 27.5 Å². The Bertz CT molecular complexity index is 1490. The van der Waals surface area contributed by atoms with Gasteiger partial charge >= 0.3 is 0 Å². The maximum Gasteiger partial charge on any atom is 0.264 e. The molecule has 43 heavy (non-hydrogen) atoms. The third-order valence-corrected chi connectivity index (χ3v) is 9.69. The number of hydrogen-bond acceptors (Lipinski definition) is 6. The lowest BCUT2D eigenvalue weighted by Gasteiger charge is -2.33. The number of anilines is 1. The van der Waals surface area contributed by atoms with Crippen LogP contribution in [0.4, 0.5) is 5.69 Å². The van der Waals surface area contributed by atoms with E-state index in [2.05, 4.69) is 5.32 Å². The van der Waals surface area contributed by atoms with Crippen LogP contribution in [0.1, 0.15) is 44.6 Å². The van der Waals surface area contributed by atoms with Gasteiger partial charge in [0.2, 0.25) is 11.8 Å².